The van der Waals surface area contributed by atoms with Gasteiger partial charge in [0.2, 0.25) is 0 Å². The van der Waals surface area contributed by atoms with Crippen LogP contribution in [0.5, 0.6) is 0 Å². The van der Waals surface area contributed by atoms with Crippen molar-refractivity contribution in [2.75, 3.05) is 46.4 Å². The number of likely N-dealkylation sites (N-methyl/N-ethyl adjacent to an activating group) is 1. The van der Waals surface area contributed by atoms with Gasteiger partial charge in [-0.15, -0.1) is 0 Å². The highest BCUT2D eigenvalue weighted by Gasteiger charge is 2.38. The van der Waals surface area contributed by atoms with Crippen molar-refractivity contribution in [2.45, 2.75) is 53.1 Å². The van der Waals surface area contributed by atoms with Crippen LogP contribution in [0.3, 0.4) is 0 Å². The van der Waals surface area contributed by atoms with Crippen molar-refractivity contribution in [3.63, 3.8) is 0 Å². The van der Waals surface area contributed by atoms with E-state index in [-0.39, 0.29) is 24.7 Å². The van der Waals surface area contributed by atoms with Gasteiger partial charge < -0.3 is 20.3 Å². The zero-order chi connectivity index (χ0) is 25.7. The first-order valence-electron chi connectivity index (χ1n) is 12.4. The molecule has 2 N–H and O–H groups in total. The quantitative estimate of drug-likeness (QED) is 0.605. The third-order valence-electron chi connectivity index (χ3n) is 6.48. The highest BCUT2D eigenvalue weighted by molar-refractivity contribution is 5.95. The van der Waals surface area contributed by atoms with Crippen molar-refractivity contribution in [3.05, 3.63) is 46.2 Å². The monoisotopic (exact) mass is 485 g/mol. The van der Waals surface area contributed by atoms with Crippen LogP contribution in [0.2, 0.25) is 0 Å². The number of carbonyl (C=O) groups is 3. The van der Waals surface area contributed by atoms with Crippen LogP contribution in [-0.4, -0.2) is 85.2 Å². The molecule has 2 aliphatic heterocycles. The summed E-state index contributed by atoms with van der Waals surface area (Å²) >= 11 is 0. The topological polar surface area (TPSA) is 94.2 Å². The molecule has 4 amide bonds. The van der Waals surface area contributed by atoms with Crippen LogP contribution in [0, 0.1) is 13.8 Å². The molecule has 0 spiro atoms. The van der Waals surface area contributed by atoms with Crippen molar-refractivity contribution in [1.82, 2.24) is 25.3 Å². The number of esters is 1. The van der Waals surface area contributed by atoms with Gasteiger partial charge in [0.1, 0.15) is 0 Å². The van der Waals surface area contributed by atoms with Gasteiger partial charge in [0, 0.05) is 51.5 Å². The number of hydrogen-bond acceptors (Lipinski definition) is 5. The fraction of sp³-hybridized carbons (Fsp3) is 0.577. The lowest BCUT2D eigenvalue weighted by Gasteiger charge is -2.37. The Balaban J connectivity index is 1.94. The first-order chi connectivity index (χ1) is 16.6. The molecule has 0 aliphatic carbocycles. The molecule has 0 saturated carbocycles. The Bertz CT molecular complexity index is 990. The maximum Gasteiger partial charge on any atom is 0.338 e. The maximum atomic E-state index is 13.3. The van der Waals surface area contributed by atoms with E-state index in [4.69, 9.17) is 4.74 Å². The number of urea groups is 2. The van der Waals surface area contributed by atoms with Gasteiger partial charge in [-0.3, -0.25) is 9.80 Å². The van der Waals surface area contributed by atoms with E-state index < -0.39 is 12.0 Å². The Morgan fingerprint density at radius 1 is 1.17 bits per heavy atom. The van der Waals surface area contributed by atoms with Gasteiger partial charge >= 0.3 is 18.0 Å². The summed E-state index contributed by atoms with van der Waals surface area (Å²) in [5.41, 5.74) is 4.03. The zero-order valence-corrected chi connectivity index (χ0v) is 21.8. The van der Waals surface area contributed by atoms with Crippen LogP contribution in [0.4, 0.5) is 9.59 Å². The molecule has 1 fully saturated rings. The molecule has 3 rings (SSSR count). The second kappa shape index (κ2) is 11.6. The fourth-order valence-corrected chi connectivity index (χ4v) is 4.58. The molecule has 2 aliphatic rings. The lowest BCUT2D eigenvalue weighted by molar-refractivity contribution is -0.139. The first-order valence-corrected chi connectivity index (χ1v) is 12.4. The molecule has 2 heterocycles. The summed E-state index contributed by atoms with van der Waals surface area (Å²) in [6.07, 6.45) is 0.809. The van der Waals surface area contributed by atoms with Crippen LogP contribution in [0.1, 0.15) is 49.9 Å². The maximum absolute atomic E-state index is 13.3. The molecule has 1 atom stereocenters. The van der Waals surface area contributed by atoms with E-state index in [0.717, 1.165) is 29.7 Å². The number of ether oxygens (including phenoxy) is 1. The number of carbonyl (C=O) groups excluding carboxylic acids is 3. The number of hydrogen-bond donors (Lipinski definition) is 2. The highest BCUT2D eigenvalue weighted by Crippen LogP contribution is 2.33. The van der Waals surface area contributed by atoms with Gasteiger partial charge in [-0.25, -0.2) is 14.4 Å². The Morgan fingerprint density at radius 2 is 1.91 bits per heavy atom. The molecular formula is C26H39N5O4. The molecule has 1 aromatic carbocycles. The predicted molar refractivity (Wildman–Crippen MR) is 135 cm³/mol. The Labute approximate surface area is 208 Å². The average Bonchev–Trinajstić information content (AvgIpc) is 3.03. The van der Waals surface area contributed by atoms with Crippen LogP contribution in [-0.2, 0) is 9.53 Å². The van der Waals surface area contributed by atoms with Gasteiger partial charge in [0.05, 0.1) is 18.2 Å². The third-order valence-corrected chi connectivity index (χ3v) is 6.48. The summed E-state index contributed by atoms with van der Waals surface area (Å²) in [6, 6.07) is 5.21. The standard InChI is InChI=1S/C26H39N5O4/c1-7-35-24(32)22-21(16-30-11-8-12-31(14-13-30)26(34)27-17(2)3)29(6)25(33)28-23(22)20-15-18(4)9-10-19(20)5/h9-10,15,17,23H,7-8,11-14,16H2,1-6H3,(H,27,34)(H,28,33)/t23-/m0/s1. The molecule has 1 aromatic rings. The molecule has 0 bridgehead atoms. The summed E-state index contributed by atoms with van der Waals surface area (Å²) in [7, 11) is 1.68. The predicted octanol–water partition coefficient (Wildman–Crippen LogP) is 2.94. The normalized spacial score (nSPS) is 19.5. The number of benzene rings is 1. The second-order valence-electron chi connectivity index (χ2n) is 9.60. The average molecular weight is 486 g/mol. The minimum absolute atomic E-state index is 0.0579. The third kappa shape index (κ3) is 6.33. The van der Waals surface area contributed by atoms with Gasteiger partial charge in [0.15, 0.2) is 0 Å². The van der Waals surface area contributed by atoms with Crippen molar-refractivity contribution in [1.29, 1.82) is 0 Å². The van der Waals surface area contributed by atoms with Crippen LogP contribution in [0.25, 0.3) is 0 Å². The van der Waals surface area contributed by atoms with Gasteiger partial charge in [0.25, 0.3) is 0 Å². The zero-order valence-electron chi connectivity index (χ0n) is 21.8. The summed E-state index contributed by atoms with van der Waals surface area (Å²) in [6.45, 7) is 13.0. The molecule has 0 radical (unpaired) electrons. The SMILES string of the molecule is CCOC(=O)C1=C(CN2CCCN(C(=O)NC(C)C)CC2)N(C)C(=O)N[C@H]1c1cc(C)ccc1C. The van der Waals surface area contributed by atoms with Crippen molar-refractivity contribution < 1.29 is 19.1 Å². The first kappa shape index (κ1) is 26.5. The number of amides is 4. The van der Waals surface area contributed by atoms with E-state index in [1.54, 1.807) is 14.0 Å². The number of rotatable bonds is 6. The van der Waals surface area contributed by atoms with Crippen molar-refractivity contribution in [2.24, 2.45) is 0 Å². The van der Waals surface area contributed by atoms with E-state index in [0.29, 0.717) is 37.4 Å². The molecule has 9 heteroatoms. The molecule has 0 aromatic heterocycles. The van der Waals surface area contributed by atoms with E-state index in [2.05, 4.69) is 15.5 Å². The summed E-state index contributed by atoms with van der Waals surface area (Å²) in [5, 5.41) is 5.96. The van der Waals surface area contributed by atoms with Crippen LogP contribution in [0.15, 0.2) is 29.5 Å². The molecule has 1 saturated heterocycles. The summed E-state index contributed by atoms with van der Waals surface area (Å²) in [4.78, 5) is 44.3. The molecule has 192 valence electrons. The molecule has 9 nitrogen and oxygen atoms in total. The summed E-state index contributed by atoms with van der Waals surface area (Å²) in [5.74, 6) is -0.423. The molecule has 35 heavy (non-hydrogen) atoms. The minimum Gasteiger partial charge on any atom is -0.463 e. The van der Waals surface area contributed by atoms with Crippen LogP contribution >= 0.6 is 0 Å². The van der Waals surface area contributed by atoms with Gasteiger partial charge in [-0.2, -0.15) is 0 Å². The molecule has 0 unspecified atom stereocenters. The van der Waals surface area contributed by atoms with Gasteiger partial charge in [-0.1, -0.05) is 23.8 Å². The van der Waals surface area contributed by atoms with Crippen molar-refractivity contribution in [3.8, 4) is 0 Å². The van der Waals surface area contributed by atoms with Gasteiger partial charge in [-0.05, 0) is 52.2 Å². The number of nitrogens with one attached hydrogen (secondary N) is 2. The fourth-order valence-electron chi connectivity index (χ4n) is 4.58. The number of nitrogens with zero attached hydrogens (tertiary/aromatic N) is 3. The second-order valence-corrected chi connectivity index (χ2v) is 9.60. The largest absolute Gasteiger partial charge is 0.463 e. The number of aryl methyl sites for hydroxylation is 2. The summed E-state index contributed by atoms with van der Waals surface area (Å²) < 4.78 is 5.46. The molecular weight excluding hydrogens is 446 g/mol. The smallest absolute Gasteiger partial charge is 0.338 e. The Kier molecular flexibility index (Phi) is 8.77. The van der Waals surface area contributed by atoms with Crippen molar-refractivity contribution >= 4 is 18.0 Å². The highest BCUT2D eigenvalue weighted by atomic mass is 16.5. The van der Waals surface area contributed by atoms with E-state index in [9.17, 15) is 14.4 Å². The van der Waals surface area contributed by atoms with E-state index in [1.807, 2.05) is 50.8 Å². The lowest BCUT2D eigenvalue weighted by Crippen LogP contribution is -2.50. The Morgan fingerprint density at radius 3 is 2.60 bits per heavy atom. The lowest BCUT2D eigenvalue weighted by atomic mass is 9.90. The minimum atomic E-state index is -0.590. The van der Waals surface area contributed by atoms with E-state index in [1.165, 1.54) is 4.90 Å². The van der Waals surface area contributed by atoms with Crippen LogP contribution < -0.4 is 10.6 Å². The van der Waals surface area contributed by atoms with E-state index >= 15 is 0 Å². The Hall–Kier alpha value is -3.07.